The maximum Gasteiger partial charge on any atom is 0.123 e. The highest BCUT2D eigenvalue weighted by Crippen LogP contribution is 2.26. The summed E-state index contributed by atoms with van der Waals surface area (Å²) in [6.45, 7) is 4.66. The molecule has 0 aliphatic carbocycles. The fourth-order valence-electron chi connectivity index (χ4n) is 4.19. The second kappa shape index (κ2) is 9.45. The van der Waals surface area contributed by atoms with Crippen LogP contribution in [0.4, 0.5) is 8.78 Å². The van der Waals surface area contributed by atoms with E-state index in [2.05, 4.69) is 22.1 Å². The molecule has 3 nitrogen and oxygen atoms in total. The van der Waals surface area contributed by atoms with Crippen LogP contribution in [0.25, 0.3) is 0 Å². The first kappa shape index (κ1) is 20.6. The molecule has 4 rings (SSSR count). The van der Waals surface area contributed by atoms with Crippen LogP contribution in [0.2, 0.25) is 0 Å². The van der Waals surface area contributed by atoms with Crippen LogP contribution in [0.15, 0.2) is 67.0 Å². The average Bonchev–Trinajstić information content (AvgIpc) is 2.75. The minimum atomic E-state index is -0.222. The smallest absolute Gasteiger partial charge is 0.123 e. The van der Waals surface area contributed by atoms with E-state index >= 15 is 0 Å². The van der Waals surface area contributed by atoms with E-state index in [1.807, 2.05) is 30.3 Å². The molecule has 0 spiro atoms. The highest BCUT2D eigenvalue weighted by Gasteiger charge is 2.27. The maximum absolute atomic E-state index is 13.8. The van der Waals surface area contributed by atoms with Gasteiger partial charge in [-0.25, -0.2) is 8.78 Å². The summed E-state index contributed by atoms with van der Waals surface area (Å²) in [6, 6.07) is 16.4. The summed E-state index contributed by atoms with van der Waals surface area (Å²) in [7, 11) is 0. The van der Waals surface area contributed by atoms with Crippen LogP contribution in [0.3, 0.4) is 0 Å². The van der Waals surface area contributed by atoms with E-state index in [1.54, 1.807) is 24.5 Å². The third-order valence-electron chi connectivity index (χ3n) is 5.81. The molecule has 156 valence electrons. The highest BCUT2D eigenvalue weighted by atomic mass is 19.1. The number of fused-ring (bicyclic) bond motifs is 1. The van der Waals surface area contributed by atoms with Gasteiger partial charge in [-0.1, -0.05) is 18.2 Å². The Bertz CT molecular complexity index is 960. The molecular formula is C25H27F2N3. The Morgan fingerprint density at radius 1 is 0.967 bits per heavy atom. The van der Waals surface area contributed by atoms with Gasteiger partial charge in [0.05, 0.1) is 0 Å². The lowest BCUT2D eigenvalue weighted by Gasteiger charge is -2.39. The Balaban J connectivity index is 1.47. The summed E-state index contributed by atoms with van der Waals surface area (Å²) < 4.78 is 27.1. The van der Waals surface area contributed by atoms with Gasteiger partial charge in [0, 0.05) is 44.1 Å². The first-order chi connectivity index (χ1) is 14.6. The lowest BCUT2D eigenvalue weighted by atomic mass is 9.90. The number of pyridine rings is 1. The molecule has 0 saturated heterocycles. The number of halogens is 2. The summed E-state index contributed by atoms with van der Waals surface area (Å²) in [4.78, 5) is 6.53. The molecule has 3 aromatic rings. The quantitative estimate of drug-likeness (QED) is 0.625. The summed E-state index contributed by atoms with van der Waals surface area (Å²) >= 11 is 0. The van der Waals surface area contributed by atoms with Gasteiger partial charge >= 0.3 is 0 Å². The number of nitrogens with one attached hydrogen (secondary N) is 1. The standard InChI is InChI=1S/C25H27F2N3/c1-18(29-15-20-8-10-28-11-9-20)16-30-17-21-4-7-24(27)13-22(21)14-25(30)12-19-2-5-23(26)6-3-19/h2-11,13,18,25,29H,12,14-17H2,1H3/t18?,25-/m0/s1. The zero-order valence-corrected chi connectivity index (χ0v) is 17.2. The van der Waals surface area contributed by atoms with E-state index in [0.29, 0.717) is 0 Å². The van der Waals surface area contributed by atoms with Gasteiger partial charge in [-0.2, -0.15) is 0 Å². The van der Waals surface area contributed by atoms with Crippen LogP contribution < -0.4 is 5.32 Å². The van der Waals surface area contributed by atoms with Crippen molar-refractivity contribution in [1.82, 2.24) is 15.2 Å². The van der Waals surface area contributed by atoms with E-state index in [-0.39, 0.29) is 23.7 Å². The van der Waals surface area contributed by atoms with Crippen molar-refractivity contribution in [3.05, 3.63) is 101 Å². The Hall–Kier alpha value is -2.63. The molecule has 2 aromatic carbocycles. The summed E-state index contributed by atoms with van der Waals surface area (Å²) in [5.74, 6) is -0.407. The fourth-order valence-corrected chi connectivity index (χ4v) is 4.19. The van der Waals surface area contributed by atoms with Crippen molar-refractivity contribution in [1.29, 1.82) is 0 Å². The normalized spacial score (nSPS) is 17.5. The molecule has 2 atom stereocenters. The molecule has 0 radical (unpaired) electrons. The van der Waals surface area contributed by atoms with Gasteiger partial charge in [0.25, 0.3) is 0 Å². The van der Waals surface area contributed by atoms with E-state index in [0.717, 1.165) is 43.6 Å². The van der Waals surface area contributed by atoms with Gasteiger partial charge in [0.15, 0.2) is 0 Å². The summed E-state index contributed by atoms with van der Waals surface area (Å²) in [6.07, 6.45) is 5.22. The van der Waals surface area contributed by atoms with Crippen molar-refractivity contribution in [3.63, 3.8) is 0 Å². The van der Waals surface area contributed by atoms with Crippen molar-refractivity contribution in [3.8, 4) is 0 Å². The van der Waals surface area contributed by atoms with E-state index < -0.39 is 0 Å². The molecule has 30 heavy (non-hydrogen) atoms. The van der Waals surface area contributed by atoms with Gasteiger partial charge < -0.3 is 5.32 Å². The summed E-state index contributed by atoms with van der Waals surface area (Å²) in [5, 5.41) is 3.59. The number of aromatic nitrogens is 1. The van der Waals surface area contributed by atoms with Crippen molar-refractivity contribution in [2.45, 2.75) is 44.9 Å². The zero-order chi connectivity index (χ0) is 20.9. The predicted octanol–water partition coefficient (Wildman–Crippen LogP) is 4.51. The van der Waals surface area contributed by atoms with Crippen LogP contribution >= 0.6 is 0 Å². The van der Waals surface area contributed by atoms with Crippen LogP contribution in [0, 0.1) is 11.6 Å². The zero-order valence-electron chi connectivity index (χ0n) is 17.2. The fraction of sp³-hybridized carbons (Fsp3) is 0.320. The first-order valence-corrected chi connectivity index (χ1v) is 10.4. The SMILES string of the molecule is CC(CN1Cc2ccc(F)cc2C[C@@H]1Cc1ccc(F)cc1)NCc1ccncc1. The second-order valence-electron chi connectivity index (χ2n) is 8.17. The molecule has 1 aliphatic rings. The third-order valence-corrected chi connectivity index (χ3v) is 5.81. The minimum absolute atomic E-state index is 0.185. The van der Waals surface area contributed by atoms with Crippen molar-refractivity contribution < 1.29 is 8.78 Å². The van der Waals surface area contributed by atoms with Crippen molar-refractivity contribution in [2.75, 3.05) is 6.54 Å². The predicted molar refractivity (Wildman–Crippen MR) is 115 cm³/mol. The van der Waals surface area contributed by atoms with E-state index in [9.17, 15) is 8.78 Å². The molecule has 0 amide bonds. The molecule has 5 heteroatoms. The molecule has 0 saturated carbocycles. The minimum Gasteiger partial charge on any atom is -0.309 e. The van der Waals surface area contributed by atoms with Crippen molar-refractivity contribution >= 4 is 0 Å². The Morgan fingerprint density at radius 2 is 1.70 bits per heavy atom. The first-order valence-electron chi connectivity index (χ1n) is 10.4. The largest absolute Gasteiger partial charge is 0.309 e. The van der Waals surface area contributed by atoms with Crippen LogP contribution in [0.1, 0.15) is 29.2 Å². The van der Waals surface area contributed by atoms with Gasteiger partial charge in [-0.3, -0.25) is 9.88 Å². The number of hydrogen-bond donors (Lipinski definition) is 1. The van der Waals surface area contributed by atoms with Gasteiger partial charge in [0.1, 0.15) is 11.6 Å². The lowest BCUT2D eigenvalue weighted by molar-refractivity contribution is 0.154. The lowest BCUT2D eigenvalue weighted by Crippen LogP contribution is -2.47. The molecule has 0 fully saturated rings. The monoisotopic (exact) mass is 407 g/mol. The van der Waals surface area contributed by atoms with Gasteiger partial charge in [-0.05, 0) is 78.4 Å². The Kier molecular flexibility index (Phi) is 6.50. The Labute approximate surface area is 176 Å². The average molecular weight is 408 g/mol. The number of hydrogen-bond acceptors (Lipinski definition) is 3. The van der Waals surface area contributed by atoms with Gasteiger partial charge in [-0.15, -0.1) is 0 Å². The number of benzene rings is 2. The molecule has 1 aliphatic heterocycles. The Morgan fingerprint density at radius 3 is 2.47 bits per heavy atom. The number of rotatable bonds is 7. The van der Waals surface area contributed by atoms with Gasteiger partial charge in [0.2, 0.25) is 0 Å². The van der Waals surface area contributed by atoms with Crippen LogP contribution in [-0.4, -0.2) is 28.5 Å². The van der Waals surface area contributed by atoms with Crippen LogP contribution in [0.5, 0.6) is 0 Å². The maximum atomic E-state index is 13.8. The third kappa shape index (κ3) is 5.29. The highest BCUT2D eigenvalue weighted by molar-refractivity contribution is 5.32. The van der Waals surface area contributed by atoms with Crippen LogP contribution in [-0.2, 0) is 25.9 Å². The molecular weight excluding hydrogens is 380 g/mol. The van der Waals surface area contributed by atoms with Crippen molar-refractivity contribution in [2.24, 2.45) is 0 Å². The number of nitrogens with zero attached hydrogens (tertiary/aromatic N) is 2. The topological polar surface area (TPSA) is 28.2 Å². The summed E-state index contributed by atoms with van der Waals surface area (Å²) in [5.41, 5.74) is 4.58. The van der Waals surface area contributed by atoms with E-state index in [1.165, 1.54) is 23.3 Å². The molecule has 0 bridgehead atoms. The molecule has 2 heterocycles. The molecule has 1 aromatic heterocycles. The van der Waals surface area contributed by atoms with E-state index in [4.69, 9.17) is 0 Å². The molecule has 1 unspecified atom stereocenters. The molecule has 1 N–H and O–H groups in total. The second-order valence-corrected chi connectivity index (χ2v) is 8.17.